The number of nitrogens with zero attached hydrogens (tertiary/aromatic N) is 1. The first kappa shape index (κ1) is 23.5. The van der Waals surface area contributed by atoms with Crippen LogP contribution >= 0.6 is 51.5 Å². The third-order valence-corrected chi connectivity index (χ3v) is 7.03. The van der Waals surface area contributed by atoms with Gasteiger partial charge in [-0.15, -0.1) is 0 Å². The van der Waals surface area contributed by atoms with Crippen LogP contribution in [0.3, 0.4) is 0 Å². The summed E-state index contributed by atoms with van der Waals surface area (Å²) in [6.45, 7) is 0.325. The number of halogens is 2. The van der Waals surface area contributed by atoms with Crippen molar-refractivity contribution < 1.29 is 19.4 Å². The second kappa shape index (κ2) is 10.1. The fourth-order valence-corrected chi connectivity index (χ4v) is 5.11. The van der Waals surface area contributed by atoms with Gasteiger partial charge in [-0.05, 0) is 64.0 Å². The lowest BCUT2D eigenvalue weighted by molar-refractivity contribution is -0.113. The van der Waals surface area contributed by atoms with Gasteiger partial charge in [0.15, 0.2) is 4.32 Å². The predicted molar refractivity (Wildman–Crippen MR) is 139 cm³/mol. The smallest absolute Gasteiger partial charge is 0.335 e. The number of carbonyl (C=O) groups is 2. The van der Waals surface area contributed by atoms with Crippen molar-refractivity contribution in [3.05, 3.63) is 97.8 Å². The second-order valence-electron chi connectivity index (χ2n) is 6.94. The van der Waals surface area contributed by atoms with Crippen LogP contribution in [0.5, 0.6) is 5.75 Å². The zero-order valence-electron chi connectivity index (χ0n) is 16.8. The molecular formula is C24H15BrClNO4S2. The number of anilines is 1. The molecule has 166 valence electrons. The van der Waals surface area contributed by atoms with E-state index in [0.29, 0.717) is 32.3 Å². The third-order valence-electron chi connectivity index (χ3n) is 4.74. The number of amides is 1. The number of carboxylic acid groups (broad SMARTS) is 1. The largest absolute Gasteiger partial charge is 0.488 e. The minimum atomic E-state index is -1.07. The molecule has 0 unspecified atom stereocenters. The maximum absolute atomic E-state index is 13.0. The number of thioether (sulfide) groups is 1. The summed E-state index contributed by atoms with van der Waals surface area (Å²) in [6, 6.07) is 19.1. The summed E-state index contributed by atoms with van der Waals surface area (Å²) in [5, 5.41) is 9.86. The summed E-state index contributed by atoms with van der Waals surface area (Å²) < 4.78 is 6.94. The summed E-state index contributed by atoms with van der Waals surface area (Å²) in [7, 11) is 0. The average Bonchev–Trinajstić information content (AvgIpc) is 3.07. The highest BCUT2D eigenvalue weighted by Gasteiger charge is 2.33. The Balaban J connectivity index is 1.52. The van der Waals surface area contributed by atoms with Gasteiger partial charge in [0.1, 0.15) is 12.4 Å². The lowest BCUT2D eigenvalue weighted by Crippen LogP contribution is -2.27. The van der Waals surface area contributed by atoms with Gasteiger partial charge in [-0.1, -0.05) is 65.9 Å². The minimum absolute atomic E-state index is 0.0850. The maximum atomic E-state index is 13.0. The number of aromatic carboxylic acids is 1. The van der Waals surface area contributed by atoms with Crippen molar-refractivity contribution >= 4 is 79.5 Å². The minimum Gasteiger partial charge on any atom is -0.488 e. The van der Waals surface area contributed by atoms with Crippen LogP contribution in [0.25, 0.3) is 6.08 Å². The second-order valence-corrected chi connectivity index (χ2v) is 9.88. The summed E-state index contributed by atoms with van der Waals surface area (Å²) in [5.74, 6) is -0.729. The number of ether oxygens (including phenoxy) is 1. The highest BCUT2D eigenvalue weighted by Crippen LogP contribution is 2.37. The number of hydrogen-bond acceptors (Lipinski definition) is 5. The van der Waals surface area contributed by atoms with Crippen LogP contribution in [0.15, 0.2) is 76.1 Å². The topological polar surface area (TPSA) is 66.8 Å². The molecule has 1 aliphatic rings. The molecule has 1 heterocycles. The Morgan fingerprint density at radius 3 is 2.67 bits per heavy atom. The number of benzene rings is 3. The standard InChI is InChI=1S/C24H15BrClNO4S2/c25-18-10-14(8-9-20(18)31-13-16-4-1-2-7-19(16)26)11-21-22(28)27(24(32)33-21)17-6-3-5-15(12-17)23(29)30/h1-12H,13H2,(H,29,30)/b21-11+. The number of thiocarbonyl (C=S) groups is 1. The Bertz CT molecular complexity index is 1310. The highest BCUT2D eigenvalue weighted by molar-refractivity contribution is 9.10. The van der Waals surface area contributed by atoms with Crippen molar-refractivity contribution in [1.82, 2.24) is 0 Å². The van der Waals surface area contributed by atoms with Crippen molar-refractivity contribution in [2.75, 3.05) is 4.90 Å². The molecule has 3 aromatic carbocycles. The molecule has 33 heavy (non-hydrogen) atoms. The lowest BCUT2D eigenvalue weighted by Gasteiger charge is -2.14. The average molecular weight is 561 g/mol. The van der Waals surface area contributed by atoms with Gasteiger partial charge >= 0.3 is 5.97 Å². The van der Waals surface area contributed by atoms with Crippen molar-refractivity contribution in [2.24, 2.45) is 0 Å². The van der Waals surface area contributed by atoms with E-state index in [1.807, 2.05) is 42.5 Å². The third kappa shape index (κ3) is 5.30. The molecule has 1 saturated heterocycles. The molecule has 0 bridgehead atoms. The van der Waals surface area contributed by atoms with E-state index in [-0.39, 0.29) is 11.5 Å². The molecule has 9 heteroatoms. The molecule has 0 atom stereocenters. The molecule has 0 aliphatic carbocycles. The first-order chi connectivity index (χ1) is 15.8. The van der Waals surface area contributed by atoms with Crippen LogP contribution in [-0.4, -0.2) is 21.3 Å². The Kier molecular flexibility index (Phi) is 7.19. The van der Waals surface area contributed by atoms with E-state index < -0.39 is 5.97 Å². The van der Waals surface area contributed by atoms with Gasteiger partial charge in [-0.3, -0.25) is 9.69 Å². The molecule has 4 rings (SSSR count). The molecule has 1 N–H and O–H groups in total. The molecule has 1 aliphatic heterocycles. The van der Waals surface area contributed by atoms with Gasteiger partial charge in [0.2, 0.25) is 0 Å². The van der Waals surface area contributed by atoms with E-state index in [9.17, 15) is 14.7 Å². The van der Waals surface area contributed by atoms with Gasteiger partial charge in [0.05, 0.1) is 20.6 Å². The number of hydrogen-bond donors (Lipinski definition) is 1. The fraction of sp³-hybridized carbons (Fsp3) is 0.0417. The molecule has 3 aromatic rings. The van der Waals surface area contributed by atoms with E-state index in [2.05, 4.69) is 15.9 Å². The van der Waals surface area contributed by atoms with Gasteiger partial charge in [-0.25, -0.2) is 4.79 Å². The summed E-state index contributed by atoms with van der Waals surface area (Å²) in [6.07, 6.45) is 1.74. The fourth-order valence-electron chi connectivity index (χ4n) is 3.11. The molecule has 0 saturated carbocycles. The molecular weight excluding hydrogens is 546 g/mol. The van der Waals surface area contributed by atoms with Gasteiger partial charge in [-0.2, -0.15) is 0 Å². The number of rotatable bonds is 6. The van der Waals surface area contributed by atoms with Crippen LogP contribution in [-0.2, 0) is 11.4 Å². The Morgan fingerprint density at radius 2 is 1.94 bits per heavy atom. The summed E-state index contributed by atoms with van der Waals surface area (Å²) >= 11 is 16.2. The van der Waals surface area contributed by atoms with Crippen molar-refractivity contribution in [3.63, 3.8) is 0 Å². The summed E-state index contributed by atoms with van der Waals surface area (Å²) in [5.41, 5.74) is 2.17. The predicted octanol–water partition coefficient (Wildman–Crippen LogP) is 6.79. The van der Waals surface area contributed by atoms with Gasteiger partial charge in [0.25, 0.3) is 5.91 Å². The van der Waals surface area contributed by atoms with Crippen molar-refractivity contribution in [3.8, 4) is 5.75 Å². The van der Waals surface area contributed by atoms with Gasteiger partial charge < -0.3 is 9.84 Å². The molecule has 0 aromatic heterocycles. The summed E-state index contributed by atoms with van der Waals surface area (Å²) in [4.78, 5) is 26.0. The first-order valence-electron chi connectivity index (χ1n) is 9.60. The quantitative estimate of drug-likeness (QED) is 0.265. The van der Waals surface area contributed by atoms with Crippen LogP contribution in [0, 0.1) is 0 Å². The molecule has 5 nitrogen and oxygen atoms in total. The molecule has 1 fully saturated rings. The SMILES string of the molecule is O=C(O)c1cccc(N2C(=O)/C(=C\c3ccc(OCc4ccccc4Cl)c(Br)c3)SC2=S)c1. The molecule has 0 radical (unpaired) electrons. The number of carbonyl (C=O) groups excluding carboxylic acids is 1. The van der Waals surface area contributed by atoms with E-state index in [4.69, 9.17) is 28.6 Å². The zero-order valence-corrected chi connectivity index (χ0v) is 20.8. The van der Waals surface area contributed by atoms with E-state index in [1.54, 1.807) is 18.2 Å². The first-order valence-corrected chi connectivity index (χ1v) is 12.0. The van der Waals surface area contributed by atoms with Crippen LogP contribution in [0.2, 0.25) is 5.02 Å². The number of carboxylic acids is 1. The Hall–Kier alpha value is -2.65. The van der Waals surface area contributed by atoms with E-state index in [1.165, 1.54) is 28.8 Å². The van der Waals surface area contributed by atoms with E-state index >= 15 is 0 Å². The molecule has 1 amide bonds. The monoisotopic (exact) mass is 559 g/mol. The van der Waals surface area contributed by atoms with Crippen LogP contribution in [0.4, 0.5) is 5.69 Å². The van der Waals surface area contributed by atoms with Crippen LogP contribution < -0.4 is 9.64 Å². The van der Waals surface area contributed by atoms with E-state index in [0.717, 1.165) is 15.6 Å². The zero-order chi connectivity index (χ0) is 23.5. The Morgan fingerprint density at radius 1 is 1.15 bits per heavy atom. The molecule has 0 spiro atoms. The lowest BCUT2D eigenvalue weighted by atomic mass is 10.1. The van der Waals surface area contributed by atoms with Crippen LogP contribution in [0.1, 0.15) is 21.5 Å². The van der Waals surface area contributed by atoms with Crippen molar-refractivity contribution in [1.29, 1.82) is 0 Å². The highest BCUT2D eigenvalue weighted by atomic mass is 79.9. The normalized spacial score (nSPS) is 14.7. The maximum Gasteiger partial charge on any atom is 0.335 e. The Labute approximate surface area is 213 Å². The van der Waals surface area contributed by atoms with Crippen molar-refractivity contribution in [2.45, 2.75) is 6.61 Å². The van der Waals surface area contributed by atoms with Gasteiger partial charge in [0, 0.05) is 10.6 Å².